The average molecular weight is 647 g/mol. The minimum Gasteiger partial charge on any atom is -0.506 e. The summed E-state index contributed by atoms with van der Waals surface area (Å²) in [6, 6.07) is 32.0. The highest BCUT2D eigenvalue weighted by Crippen LogP contribution is 2.30. The minimum atomic E-state index is -0.625. The number of carbonyl (C=O) groups is 2. The molecule has 0 unspecified atom stereocenters. The van der Waals surface area contributed by atoms with Crippen molar-refractivity contribution in [1.29, 1.82) is 0 Å². The fourth-order valence-electron chi connectivity index (χ4n) is 4.70. The summed E-state index contributed by atoms with van der Waals surface area (Å²) in [4.78, 5) is 44.3. The Morgan fingerprint density at radius 3 is 1.21 bits per heavy atom. The largest absolute Gasteiger partial charge is 0.506 e. The van der Waals surface area contributed by atoms with Crippen molar-refractivity contribution in [2.45, 2.75) is 0 Å². The molecule has 6 aromatic rings. The third kappa shape index (κ3) is 7.70. The molecule has 0 heterocycles. The van der Waals surface area contributed by atoms with E-state index in [2.05, 4.69) is 21.3 Å². The van der Waals surface area contributed by atoms with Gasteiger partial charge in [-0.05, 0) is 35.0 Å². The van der Waals surface area contributed by atoms with E-state index < -0.39 is 21.9 Å². The van der Waals surface area contributed by atoms with E-state index in [-0.39, 0.29) is 34.2 Å². The van der Waals surface area contributed by atoms with Gasteiger partial charge in [0, 0.05) is 22.9 Å². The Bertz CT molecular complexity index is 2020. The number of nitro groups is 2. The van der Waals surface area contributed by atoms with Crippen LogP contribution in [-0.4, -0.2) is 32.1 Å². The van der Waals surface area contributed by atoms with Crippen molar-refractivity contribution in [3.8, 4) is 11.5 Å². The van der Waals surface area contributed by atoms with Gasteiger partial charge in [0.15, 0.2) is 0 Å². The summed E-state index contributed by atoms with van der Waals surface area (Å²) >= 11 is 0. The van der Waals surface area contributed by atoms with E-state index in [0.717, 1.165) is 33.7 Å². The van der Waals surface area contributed by atoms with E-state index in [4.69, 9.17) is 0 Å². The summed E-state index contributed by atoms with van der Waals surface area (Å²) in [5.74, 6) is -0.755. The van der Waals surface area contributed by atoms with Crippen molar-refractivity contribution < 1.29 is 29.6 Å². The highest BCUT2D eigenvalue weighted by molar-refractivity contribution is 6.07. The van der Waals surface area contributed by atoms with Crippen molar-refractivity contribution in [1.82, 2.24) is 0 Å². The van der Waals surface area contributed by atoms with Crippen LogP contribution in [0.15, 0.2) is 121 Å². The third-order valence-electron chi connectivity index (χ3n) is 6.96. The fourth-order valence-corrected chi connectivity index (χ4v) is 4.70. The fraction of sp³-hybridized carbons (Fsp3) is 0. The number of phenolic OH excluding ortho intramolecular Hbond substituents is 2. The molecule has 0 radical (unpaired) electrons. The highest BCUT2D eigenvalue weighted by Gasteiger charge is 2.14. The number of fused-ring (bicyclic) bond motifs is 2. The SMILES string of the molecule is O=C(Nc1ccc([N+](=O)[O-])cc1O)Nc1cccc2ccccc12.O=C(Nc1ccc([N+](=O)[O-])cc1O)Nc1cccc2ccccc12. The number of carbonyl (C=O) groups excluding carboxylic acids is 2. The summed E-state index contributed by atoms with van der Waals surface area (Å²) in [5, 5.41) is 54.9. The number of non-ortho nitro benzene ring substituents is 2. The molecule has 0 aliphatic carbocycles. The molecule has 240 valence electrons. The molecule has 48 heavy (non-hydrogen) atoms. The molecule has 14 nitrogen and oxygen atoms in total. The molecule has 14 heteroatoms. The first kappa shape index (κ1) is 32.2. The van der Waals surface area contributed by atoms with Gasteiger partial charge in [-0.25, -0.2) is 9.59 Å². The first-order valence-corrected chi connectivity index (χ1v) is 14.2. The normalized spacial score (nSPS) is 10.3. The summed E-state index contributed by atoms with van der Waals surface area (Å²) in [5.41, 5.74) is 0.885. The van der Waals surface area contributed by atoms with Crippen LogP contribution in [0.2, 0.25) is 0 Å². The van der Waals surface area contributed by atoms with Gasteiger partial charge in [0.2, 0.25) is 0 Å². The van der Waals surface area contributed by atoms with E-state index >= 15 is 0 Å². The molecule has 0 fully saturated rings. The standard InChI is InChI=1S/2C17H13N3O4/c2*21-16-10-12(20(23)24)8-9-15(16)19-17(22)18-14-7-3-5-11-4-1-2-6-13(11)14/h2*1-10,21H,(H2,18,19,22). The zero-order chi connectivity index (χ0) is 34.2. The zero-order valence-corrected chi connectivity index (χ0v) is 24.8. The highest BCUT2D eigenvalue weighted by atomic mass is 16.6. The molecule has 0 bridgehead atoms. The van der Waals surface area contributed by atoms with Gasteiger partial charge < -0.3 is 31.5 Å². The van der Waals surface area contributed by atoms with Crippen LogP contribution in [-0.2, 0) is 0 Å². The van der Waals surface area contributed by atoms with Crippen LogP contribution in [0.1, 0.15) is 0 Å². The van der Waals surface area contributed by atoms with Gasteiger partial charge in [-0.2, -0.15) is 0 Å². The lowest BCUT2D eigenvalue weighted by Crippen LogP contribution is -2.19. The molecule has 6 aromatic carbocycles. The molecule has 0 aliphatic rings. The molecule has 0 aliphatic heterocycles. The van der Waals surface area contributed by atoms with Crippen molar-refractivity contribution in [2.24, 2.45) is 0 Å². The number of hydrogen-bond acceptors (Lipinski definition) is 8. The number of nitro benzene ring substituents is 2. The van der Waals surface area contributed by atoms with Gasteiger partial charge in [0.25, 0.3) is 11.4 Å². The maximum atomic E-state index is 12.1. The summed E-state index contributed by atoms with van der Waals surface area (Å²) in [7, 11) is 0. The quantitative estimate of drug-likeness (QED) is 0.0588. The van der Waals surface area contributed by atoms with Crippen LogP contribution in [0, 0.1) is 20.2 Å². The van der Waals surface area contributed by atoms with E-state index in [1.54, 1.807) is 12.1 Å². The monoisotopic (exact) mass is 646 g/mol. The average Bonchev–Trinajstić information content (AvgIpc) is 3.07. The van der Waals surface area contributed by atoms with Crippen molar-refractivity contribution in [2.75, 3.05) is 21.3 Å². The Morgan fingerprint density at radius 1 is 0.479 bits per heavy atom. The van der Waals surface area contributed by atoms with Gasteiger partial charge in [-0.1, -0.05) is 72.8 Å². The molecule has 6 N–H and O–H groups in total. The second-order valence-corrected chi connectivity index (χ2v) is 10.1. The Morgan fingerprint density at radius 2 is 0.833 bits per heavy atom. The summed E-state index contributed by atoms with van der Waals surface area (Å²) < 4.78 is 0. The maximum Gasteiger partial charge on any atom is 0.323 e. The Kier molecular flexibility index (Phi) is 9.56. The lowest BCUT2D eigenvalue weighted by atomic mass is 10.1. The second-order valence-electron chi connectivity index (χ2n) is 10.1. The number of phenols is 2. The third-order valence-corrected chi connectivity index (χ3v) is 6.96. The van der Waals surface area contributed by atoms with E-state index in [0.29, 0.717) is 11.4 Å². The predicted molar refractivity (Wildman–Crippen MR) is 183 cm³/mol. The second kappa shape index (κ2) is 14.3. The summed E-state index contributed by atoms with van der Waals surface area (Å²) in [6.07, 6.45) is 0. The lowest BCUT2D eigenvalue weighted by molar-refractivity contribution is -0.385. The van der Waals surface area contributed by atoms with Gasteiger partial charge in [0.1, 0.15) is 11.5 Å². The number of nitrogens with zero attached hydrogens (tertiary/aromatic N) is 2. The van der Waals surface area contributed by atoms with Gasteiger partial charge in [-0.15, -0.1) is 0 Å². The molecule has 0 saturated carbocycles. The Balaban J connectivity index is 0.000000188. The molecular formula is C34H26N6O8. The Labute approximate surface area is 271 Å². The van der Waals surface area contributed by atoms with E-state index in [1.165, 1.54) is 24.3 Å². The first-order valence-electron chi connectivity index (χ1n) is 14.2. The number of amides is 4. The number of hydrogen-bond donors (Lipinski definition) is 6. The number of rotatable bonds is 6. The molecular weight excluding hydrogens is 620 g/mol. The maximum absolute atomic E-state index is 12.1. The number of nitrogens with one attached hydrogen (secondary N) is 4. The van der Waals surface area contributed by atoms with Gasteiger partial charge in [-0.3, -0.25) is 20.2 Å². The van der Waals surface area contributed by atoms with Crippen LogP contribution >= 0.6 is 0 Å². The lowest BCUT2D eigenvalue weighted by Gasteiger charge is -2.11. The minimum absolute atomic E-state index is 0.0818. The molecule has 0 spiro atoms. The summed E-state index contributed by atoms with van der Waals surface area (Å²) in [6.45, 7) is 0. The molecule has 4 amide bonds. The number of benzene rings is 6. The number of aromatic hydroxyl groups is 2. The van der Waals surface area contributed by atoms with Crippen LogP contribution in [0.25, 0.3) is 21.5 Å². The van der Waals surface area contributed by atoms with Gasteiger partial charge in [0.05, 0.1) is 44.7 Å². The number of anilines is 4. The molecule has 0 atom stereocenters. The smallest absolute Gasteiger partial charge is 0.323 e. The van der Waals surface area contributed by atoms with Crippen LogP contribution in [0.3, 0.4) is 0 Å². The van der Waals surface area contributed by atoms with Gasteiger partial charge >= 0.3 is 12.1 Å². The van der Waals surface area contributed by atoms with E-state index in [1.807, 2.05) is 72.8 Å². The van der Waals surface area contributed by atoms with Crippen LogP contribution < -0.4 is 21.3 Å². The zero-order valence-electron chi connectivity index (χ0n) is 24.8. The molecule has 6 rings (SSSR count). The predicted octanol–water partition coefficient (Wildman–Crippen LogP) is 8.20. The topological polar surface area (TPSA) is 209 Å². The number of urea groups is 2. The van der Waals surface area contributed by atoms with Crippen LogP contribution in [0.5, 0.6) is 11.5 Å². The molecule has 0 aromatic heterocycles. The Hall–Kier alpha value is -7.22. The first-order chi connectivity index (χ1) is 23.1. The van der Waals surface area contributed by atoms with Crippen LogP contribution in [0.4, 0.5) is 43.7 Å². The van der Waals surface area contributed by atoms with Crippen molar-refractivity contribution in [3.63, 3.8) is 0 Å². The van der Waals surface area contributed by atoms with E-state index in [9.17, 15) is 40.0 Å². The van der Waals surface area contributed by atoms with Crippen molar-refractivity contribution in [3.05, 3.63) is 142 Å². The molecule has 0 saturated heterocycles. The van der Waals surface area contributed by atoms with Crippen molar-refractivity contribution >= 4 is 67.7 Å².